The smallest absolute Gasteiger partial charge is 0.139 e. The monoisotopic (exact) mass is 480 g/mol. The number of halogens is 1. The van der Waals surface area contributed by atoms with E-state index in [2.05, 4.69) is 45.0 Å². The van der Waals surface area contributed by atoms with Crippen molar-refractivity contribution in [3.63, 3.8) is 0 Å². The Hall–Kier alpha value is -3.87. The summed E-state index contributed by atoms with van der Waals surface area (Å²) in [5, 5.41) is 0. The van der Waals surface area contributed by atoms with Gasteiger partial charge < -0.3 is 9.88 Å². The van der Waals surface area contributed by atoms with Gasteiger partial charge in [0.15, 0.2) is 0 Å². The third-order valence-corrected chi connectivity index (χ3v) is 7.37. The Balaban J connectivity index is 1.19. The van der Waals surface area contributed by atoms with Crippen molar-refractivity contribution in [3.8, 4) is 11.3 Å². The molecule has 1 fully saturated rings. The van der Waals surface area contributed by atoms with Crippen molar-refractivity contribution < 1.29 is 4.39 Å². The first kappa shape index (κ1) is 22.6. The van der Waals surface area contributed by atoms with Gasteiger partial charge in [0.05, 0.1) is 11.4 Å². The number of nitrogens with one attached hydrogen (secondary N) is 1. The molecular formula is C29H29FN6. The molecule has 36 heavy (non-hydrogen) atoms. The standard InChI is InChI=1S/C29H29FN6/c1-3-24-14-21(8-11-31-24)22-15-25-26(16-22)32-17-33-29(25)36-12-9-20(10-13-36)28-34-18(2)27(35-28)19-4-6-23(30)7-5-19/h4-8,11,14-15,17,20H,3,9-10,12-13,16H2,1-2H3,(H,34,35). The largest absolute Gasteiger partial charge is 0.356 e. The quantitative estimate of drug-likeness (QED) is 0.394. The Labute approximate surface area is 210 Å². The van der Waals surface area contributed by atoms with E-state index in [1.54, 1.807) is 18.5 Å². The van der Waals surface area contributed by atoms with E-state index < -0.39 is 0 Å². The van der Waals surface area contributed by atoms with Gasteiger partial charge in [0.1, 0.15) is 23.8 Å². The van der Waals surface area contributed by atoms with Crippen LogP contribution in [0.25, 0.3) is 22.9 Å². The maximum absolute atomic E-state index is 13.3. The van der Waals surface area contributed by atoms with Crippen LogP contribution in [0.15, 0.2) is 48.9 Å². The Bertz CT molecular complexity index is 1430. The first-order chi connectivity index (χ1) is 17.6. The highest BCUT2D eigenvalue weighted by atomic mass is 19.1. The molecule has 0 saturated carbocycles. The summed E-state index contributed by atoms with van der Waals surface area (Å²) in [5.74, 6) is 2.18. The minimum Gasteiger partial charge on any atom is -0.356 e. The zero-order valence-electron chi connectivity index (χ0n) is 20.6. The molecule has 1 aliphatic carbocycles. The summed E-state index contributed by atoms with van der Waals surface area (Å²) >= 11 is 0. The second kappa shape index (κ2) is 9.30. The fraction of sp³-hybridized carbons (Fsp3) is 0.310. The molecule has 0 unspecified atom stereocenters. The maximum Gasteiger partial charge on any atom is 0.139 e. The van der Waals surface area contributed by atoms with Crippen LogP contribution in [-0.2, 0) is 12.8 Å². The predicted molar refractivity (Wildman–Crippen MR) is 140 cm³/mol. The summed E-state index contributed by atoms with van der Waals surface area (Å²) in [6, 6.07) is 10.8. The highest BCUT2D eigenvalue weighted by Gasteiger charge is 2.28. The van der Waals surface area contributed by atoms with Crippen LogP contribution in [0.1, 0.15) is 59.7 Å². The molecule has 6 rings (SSSR count). The van der Waals surface area contributed by atoms with Crippen LogP contribution in [0.4, 0.5) is 10.2 Å². The Morgan fingerprint density at radius 2 is 1.83 bits per heavy atom. The Morgan fingerprint density at radius 3 is 2.61 bits per heavy atom. The van der Waals surface area contributed by atoms with Crippen LogP contribution in [0, 0.1) is 12.7 Å². The second-order valence-corrected chi connectivity index (χ2v) is 9.66. The lowest BCUT2D eigenvalue weighted by molar-refractivity contribution is 0.486. The molecule has 6 nitrogen and oxygen atoms in total. The summed E-state index contributed by atoms with van der Waals surface area (Å²) < 4.78 is 13.3. The number of piperidine rings is 1. The number of benzene rings is 1. The molecule has 0 bridgehead atoms. The Morgan fingerprint density at radius 1 is 1.03 bits per heavy atom. The predicted octanol–water partition coefficient (Wildman–Crippen LogP) is 5.75. The van der Waals surface area contributed by atoms with Gasteiger partial charge in [-0.15, -0.1) is 0 Å². The summed E-state index contributed by atoms with van der Waals surface area (Å²) in [7, 11) is 0. The summed E-state index contributed by atoms with van der Waals surface area (Å²) in [6.07, 6.45) is 9.60. The third kappa shape index (κ3) is 4.19. The van der Waals surface area contributed by atoms with E-state index in [1.807, 2.05) is 13.1 Å². The number of hydrogen-bond donors (Lipinski definition) is 1. The van der Waals surface area contributed by atoms with Crippen LogP contribution in [0.3, 0.4) is 0 Å². The van der Waals surface area contributed by atoms with Crippen molar-refractivity contribution in [1.82, 2.24) is 24.9 Å². The van der Waals surface area contributed by atoms with Gasteiger partial charge in [0.2, 0.25) is 0 Å². The zero-order valence-corrected chi connectivity index (χ0v) is 20.6. The molecule has 4 heterocycles. The highest BCUT2D eigenvalue weighted by molar-refractivity contribution is 5.91. The molecule has 0 spiro atoms. The van der Waals surface area contributed by atoms with Gasteiger partial charge >= 0.3 is 0 Å². The SMILES string of the molecule is CCc1cc(C2=Cc3c(ncnc3N3CCC(c4nc(-c5ccc(F)cc5)c(C)[nH]4)CC3)C2)ccn1. The second-order valence-electron chi connectivity index (χ2n) is 9.66. The first-order valence-electron chi connectivity index (χ1n) is 12.7. The number of H-pyrrole nitrogens is 1. The molecule has 1 aromatic carbocycles. The average molecular weight is 481 g/mol. The topological polar surface area (TPSA) is 70.6 Å². The number of aromatic amines is 1. The number of imidazole rings is 1. The van der Waals surface area contributed by atoms with Gasteiger partial charge in [0, 0.05) is 54.1 Å². The molecule has 0 radical (unpaired) electrons. The minimum absolute atomic E-state index is 0.232. The van der Waals surface area contributed by atoms with E-state index in [-0.39, 0.29) is 5.82 Å². The van der Waals surface area contributed by atoms with E-state index in [4.69, 9.17) is 9.97 Å². The van der Waals surface area contributed by atoms with Gasteiger partial charge in [-0.05, 0) is 79.8 Å². The van der Waals surface area contributed by atoms with Gasteiger partial charge in [-0.25, -0.2) is 19.3 Å². The Kier molecular flexibility index (Phi) is 5.83. The zero-order chi connectivity index (χ0) is 24.6. The maximum atomic E-state index is 13.3. The number of aromatic nitrogens is 5. The van der Waals surface area contributed by atoms with Crippen LogP contribution >= 0.6 is 0 Å². The van der Waals surface area contributed by atoms with E-state index in [0.29, 0.717) is 5.92 Å². The highest BCUT2D eigenvalue weighted by Crippen LogP contribution is 2.37. The van der Waals surface area contributed by atoms with E-state index in [9.17, 15) is 4.39 Å². The molecule has 2 aliphatic rings. The van der Waals surface area contributed by atoms with Crippen molar-refractivity contribution in [3.05, 3.63) is 88.8 Å². The average Bonchev–Trinajstić information content (AvgIpc) is 3.53. The molecule has 182 valence electrons. The number of aryl methyl sites for hydroxylation is 2. The minimum atomic E-state index is -0.232. The van der Waals surface area contributed by atoms with Crippen LogP contribution < -0.4 is 4.90 Å². The van der Waals surface area contributed by atoms with Crippen molar-refractivity contribution >= 4 is 17.5 Å². The first-order valence-corrected chi connectivity index (χ1v) is 12.7. The number of fused-ring (bicyclic) bond motifs is 1. The van der Waals surface area contributed by atoms with E-state index in [0.717, 1.165) is 84.3 Å². The molecule has 1 N–H and O–H groups in total. The van der Waals surface area contributed by atoms with Crippen LogP contribution in [-0.4, -0.2) is 38.0 Å². The number of nitrogens with zero attached hydrogens (tertiary/aromatic N) is 5. The van der Waals surface area contributed by atoms with Crippen molar-refractivity contribution in [1.29, 1.82) is 0 Å². The number of rotatable bonds is 5. The summed E-state index contributed by atoms with van der Waals surface area (Å²) in [6.45, 7) is 5.99. The molecule has 3 aromatic heterocycles. The number of pyridine rings is 1. The van der Waals surface area contributed by atoms with Crippen LogP contribution in [0.2, 0.25) is 0 Å². The lowest BCUT2D eigenvalue weighted by atomic mass is 9.96. The van der Waals surface area contributed by atoms with E-state index >= 15 is 0 Å². The molecule has 0 amide bonds. The normalized spacial score (nSPS) is 15.8. The lowest BCUT2D eigenvalue weighted by Gasteiger charge is -2.32. The molecule has 7 heteroatoms. The molecule has 1 saturated heterocycles. The summed E-state index contributed by atoms with van der Waals surface area (Å²) in [4.78, 5) is 24.5. The van der Waals surface area contributed by atoms with Crippen molar-refractivity contribution in [2.24, 2.45) is 0 Å². The fourth-order valence-electron chi connectivity index (χ4n) is 5.35. The van der Waals surface area contributed by atoms with Crippen molar-refractivity contribution in [2.45, 2.75) is 45.4 Å². The number of hydrogen-bond acceptors (Lipinski definition) is 5. The number of allylic oxidation sites excluding steroid dienone is 1. The van der Waals surface area contributed by atoms with Crippen molar-refractivity contribution in [2.75, 3.05) is 18.0 Å². The third-order valence-electron chi connectivity index (χ3n) is 7.37. The van der Waals surface area contributed by atoms with Crippen LogP contribution in [0.5, 0.6) is 0 Å². The lowest BCUT2D eigenvalue weighted by Crippen LogP contribution is -2.34. The van der Waals surface area contributed by atoms with E-state index in [1.165, 1.54) is 23.3 Å². The fourth-order valence-corrected chi connectivity index (χ4v) is 5.35. The molecule has 4 aromatic rings. The molecular weight excluding hydrogens is 451 g/mol. The summed E-state index contributed by atoms with van der Waals surface area (Å²) in [5.41, 5.74) is 8.70. The van der Waals surface area contributed by atoms with Gasteiger partial charge in [-0.1, -0.05) is 6.92 Å². The van der Waals surface area contributed by atoms with Gasteiger partial charge in [0.25, 0.3) is 0 Å². The molecule has 1 aliphatic heterocycles. The number of anilines is 1. The molecule has 0 atom stereocenters. The van der Waals surface area contributed by atoms with Gasteiger partial charge in [-0.3, -0.25) is 4.98 Å². The van der Waals surface area contributed by atoms with Gasteiger partial charge in [-0.2, -0.15) is 0 Å².